The van der Waals surface area contributed by atoms with Crippen LogP contribution in [0.4, 0.5) is 8.78 Å². The minimum atomic E-state index is -0.628. The number of pyridine rings is 1. The molecule has 2 heterocycles. The van der Waals surface area contributed by atoms with Crippen LogP contribution in [0.1, 0.15) is 17.7 Å². The summed E-state index contributed by atoms with van der Waals surface area (Å²) in [5.41, 5.74) is 0.712. The lowest BCUT2D eigenvalue weighted by Gasteiger charge is -2.16. The predicted molar refractivity (Wildman–Crippen MR) is 90.8 cm³/mol. The van der Waals surface area contributed by atoms with Gasteiger partial charge >= 0.3 is 0 Å². The molecule has 2 amide bonds. The number of aromatic nitrogens is 1. The van der Waals surface area contributed by atoms with Crippen LogP contribution in [-0.4, -0.2) is 34.8 Å². The fraction of sp³-hybridized carbons (Fsp3) is 0.316. The molecule has 1 saturated heterocycles. The number of carbonyl (C=O) groups is 2. The maximum absolute atomic E-state index is 13.6. The highest BCUT2D eigenvalue weighted by Gasteiger charge is 2.34. The van der Waals surface area contributed by atoms with Crippen molar-refractivity contribution < 1.29 is 18.4 Å². The Balaban J connectivity index is 1.50. The van der Waals surface area contributed by atoms with Gasteiger partial charge in [-0.15, -0.1) is 0 Å². The van der Waals surface area contributed by atoms with Crippen LogP contribution in [0.2, 0.25) is 0 Å². The van der Waals surface area contributed by atoms with Crippen LogP contribution in [0.5, 0.6) is 0 Å². The summed E-state index contributed by atoms with van der Waals surface area (Å²) in [7, 11) is 0. The van der Waals surface area contributed by atoms with Gasteiger partial charge in [-0.25, -0.2) is 8.78 Å². The molecule has 0 bridgehead atoms. The molecule has 0 aliphatic carbocycles. The summed E-state index contributed by atoms with van der Waals surface area (Å²) in [6.45, 7) is 0.792. The lowest BCUT2D eigenvalue weighted by atomic mass is 10.1. The van der Waals surface area contributed by atoms with Crippen molar-refractivity contribution in [3.63, 3.8) is 0 Å². The van der Waals surface area contributed by atoms with Crippen molar-refractivity contribution in [2.75, 3.05) is 13.1 Å². The molecule has 136 valence electrons. The third-order valence-corrected chi connectivity index (χ3v) is 4.40. The van der Waals surface area contributed by atoms with E-state index in [1.807, 2.05) is 12.1 Å². The topological polar surface area (TPSA) is 62.3 Å². The summed E-state index contributed by atoms with van der Waals surface area (Å²) in [6, 6.07) is 9.13. The van der Waals surface area contributed by atoms with Crippen LogP contribution in [0, 0.1) is 17.6 Å². The second kappa shape index (κ2) is 8.03. The summed E-state index contributed by atoms with van der Waals surface area (Å²) < 4.78 is 27.2. The number of hydrogen-bond donors (Lipinski definition) is 1. The number of likely N-dealkylation sites (tertiary alicyclic amines) is 1. The van der Waals surface area contributed by atoms with Crippen LogP contribution in [0.3, 0.4) is 0 Å². The van der Waals surface area contributed by atoms with E-state index in [4.69, 9.17) is 0 Å². The first-order valence-corrected chi connectivity index (χ1v) is 8.43. The SMILES string of the molecule is O=C(NCCc1c(F)cccc1F)[C@@H]1CC(=O)N(Cc2ccccn2)C1. The quantitative estimate of drug-likeness (QED) is 0.859. The van der Waals surface area contributed by atoms with Crippen LogP contribution in [-0.2, 0) is 22.6 Å². The predicted octanol–water partition coefficient (Wildman–Crippen LogP) is 2.07. The van der Waals surface area contributed by atoms with Gasteiger partial charge in [-0.3, -0.25) is 14.6 Å². The van der Waals surface area contributed by atoms with Gasteiger partial charge in [-0.2, -0.15) is 0 Å². The lowest BCUT2D eigenvalue weighted by molar-refractivity contribution is -0.129. The van der Waals surface area contributed by atoms with Crippen molar-refractivity contribution in [1.29, 1.82) is 0 Å². The van der Waals surface area contributed by atoms with Gasteiger partial charge in [-0.1, -0.05) is 12.1 Å². The zero-order chi connectivity index (χ0) is 18.5. The van der Waals surface area contributed by atoms with E-state index in [-0.39, 0.29) is 36.8 Å². The molecule has 1 fully saturated rings. The van der Waals surface area contributed by atoms with Gasteiger partial charge in [0.05, 0.1) is 18.2 Å². The van der Waals surface area contributed by atoms with Crippen LogP contribution >= 0.6 is 0 Å². The van der Waals surface area contributed by atoms with Crippen molar-refractivity contribution in [3.8, 4) is 0 Å². The Labute approximate surface area is 150 Å². The fourth-order valence-corrected chi connectivity index (χ4v) is 3.01. The number of nitrogens with one attached hydrogen (secondary N) is 1. The molecule has 3 rings (SSSR count). The first-order chi connectivity index (χ1) is 12.5. The van der Waals surface area contributed by atoms with Crippen molar-refractivity contribution in [2.45, 2.75) is 19.4 Å². The monoisotopic (exact) mass is 359 g/mol. The Morgan fingerprint density at radius 2 is 1.96 bits per heavy atom. The van der Waals surface area contributed by atoms with E-state index in [1.54, 1.807) is 17.2 Å². The molecule has 1 N–H and O–H groups in total. The van der Waals surface area contributed by atoms with E-state index in [1.165, 1.54) is 18.2 Å². The maximum atomic E-state index is 13.6. The molecular formula is C19H19F2N3O2. The average molecular weight is 359 g/mol. The summed E-state index contributed by atoms with van der Waals surface area (Å²) in [6.07, 6.45) is 1.84. The number of nitrogens with zero attached hydrogens (tertiary/aromatic N) is 2. The van der Waals surface area contributed by atoms with Gasteiger partial charge < -0.3 is 10.2 Å². The molecule has 1 aromatic carbocycles. The van der Waals surface area contributed by atoms with Crippen molar-refractivity contribution in [3.05, 3.63) is 65.5 Å². The van der Waals surface area contributed by atoms with Crippen LogP contribution in [0.15, 0.2) is 42.6 Å². The minimum Gasteiger partial charge on any atom is -0.355 e. The maximum Gasteiger partial charge on any atom is 0.225 e. The summed E-state index contributed by atoms with van der Waals surface area (Å²) in [4.78, 5) is 30.1. The molecule has 0 radical (unpaired) electrons. The molecule has 0 spiro atoms. The molecule has 2 aromatic rings. The number of benzene rings is 1. The molecule has 1 aromatic heterocycles. The molecule has 0 unspecified atom stereocenters. The fourth-order valence-electron chi connectivity index (χ4n) is 3.01. The number of hydrogen-bond acceptors (Lipinski definition) is 3. The van der Waals surface area contributed by atoms with Gasteiger partial charge in [0.15, 0.2) is 0 Å². The zero-order valence-corrected chi connectivity index (χ0v) is 14.1. The molecule has 1 aliphatic heterocycles. The Morgan fingerprint density at radius 3 is 2.65 bits per heavy atom. The standard InChI is InChI=1S/C19H19F2N3O2/c20-16-5-3-6-17(21)15(16)7-9-23-19(26)13-10-18(25)24(11-13)12-14-4-1-2-8-22-14/h1-6,8,13H,7,9-12H2,(H,23,26)/t13-/m1/s1. The van der Waals surface area contributed by atoms with E-state index in [0.717, 1.165) is 5.69 Å². The Kier molecular flexibility index (Phi) is 5.55. The molecule has 26 heavy (non-hydrogen) atoms. The van der Waals surface area contributed by atoms with Gasteiger partial charge in [-0.05, 0) is 30.7 Å². The van der Waals surface area contributed by atoms with Crippen molar-refractivity contribution >= 4 is 11.8 Å². The molecular weight excluding hydrogens is 340 g/mol. The zero-order valence-electron chi connectivity index (χ0n) is 14.1. The highest BCUT2D eigenvalue weighted by atomic mass is 19.1. The number of carbonyl (C=O) groups excluding carboxylic acids is 2. The Hall–Kier alpha value is -2.83. The van der Waals surface area contributed by atoms with Crippen molar-refractivity contribution in [2.24, 2.45) is 5.92 Å². The molecule has 1 aliphatic rings. The number of halogens is 2. The first-order valence-electron chi connectivity index (χ1n) is 8.43. The smallest absolute Gasteiger partial charge is 0.225 e. The second-order valence-electron chi connectivity index (χ2n) is 6.24. The molecule has 5 nitrogen and oxygen atoms in total. The van der Waals surface area contributed by atoms with Crippen molar-refractivity contribution in [1.82, 2.24) is 15.2 Å². The summed E-state index contributed by atoms with van der Waals surface area (Å²) >= 11 is 0. The highest BCUT2D eigenvalue weighted by molar-refractivity contribution is 5.89. The van der Waals surface area contributed by atoms with Crippen LogP contribution < -0.4 is 5.32 Å². The minimum absolute atomic E-state index is 0.0490. The van der Waals surface area contributed by atoms with Gasteiger partial charge in [0.25, 0.3) is 0 Å². The lowest BCUT2D eigenvalue weighted by Crippen LogP contribution is -2.34. The van der Waals surface area contributed by atoms with E-state index < -0.39 is 17.6 Å². The highest BCUT2D eigenvalue weighted by Crippen LogP contribution is 2.20. The second-order valence-corrected chi connectivity index (χ2v) is 6.24. The Morgan fingerprint density at radius 1 is 1.19 bits per heavy atom. The van der Waals surface area contributed by atoms with Gasteiger partial charge in [0.1, 0.15) is 11.6 Å². The third kappa shape index (κ3) is 4.22. The van der Waals surface area contributed by atoms with E-state index >= 15 is 0 Å². The van der Waals surface area contributed by atoms with E-state index in [0.29, 0.717) is 13.1 Å². The number of amides is 2. The normalized spacial score (nSPS) is 16.8. The molecule has 1 atom stereocenters. The Bertz CT molecular complexity index is 778. The van der Waals surface area contributed by atoms with Gasteiger partial charge in [0, 0.05) is 31.3 Å². The van der Waals surface area contributed by atoms with Gasteiger partial charge in [0.2, 0.25) is 11.8 Å². The number of rotatable bonds is 6. The molecule has 7 heteroatoms. The summed E-state index contributed by atoms with van der Waals surface area (Å²) in [5, 5.41) is 2.67. The third-order valence-electron chi connectivity index (χ3n) is 4.40. The first kappa shape index (κ1) is 18.0. The summed E-state index contributed by atoms with van der Waals surface area (Å²) in [5.74, 6) is -2.10. The van der Waals surface area contributed by atoms with Crippen LogP contribution in [0.25, 0.3) is 0 Å². The largest absolute Gasteiger partial charge is 0.355 e. The van der Waals surface area contributed by atoms with E-state index in [9.17, 15) is 18.4 Å². The molecule has 0 saturated carbocycles. The average Bonchev–Trinajstić information content (AvgIpc) is 2.99. The van der Waals surface area contributed by atoms with E-state index in [2.05, 4.69) is 10.3 Å².